The molecule has 1 heterocycles. The van der Waals surface area contributed by atoms with Crippen LogP contribution in [0.5, 0.6) is 11.5 Å². The fraction of sp³-hybridized carbons (Fsp3) is 0.182. The average Bonchev–Trinajstić information content (AvgIpc) is 3.05. The van der Waals surface area contributed by atoms with Crippen LogP contribution in [0.2, 0.25) is 0 Å². The normalized spacial score (nSPS) is 10.5. The Kier molecular flexibility index (Phi) is 6.79. The van der Waals surface area contributed by atoms with Crippen molar-refractivity contribution in [2.24, 2.45) is 5.73 Å². The van der Waals surface area contributed by atoms with Gasteiger partial charge in [0.15, 0.2) is 11.5 Å². The standard InChI is InChI=1S/C22H21BrN2O4S/c1-4-29-19-15(23)10-14(11-16(19)28-3)21(27)25-22-18(20(24)26)17(12(2)30-22)13-8-6-5-7-9-13/h5-11H,4H2,1-3H3,(H2,24,26)(H,25,27). The van der Waals surface area contributed by atoms with E-state index in [4.69, 9.17) is 15.2 Å². The zero-order valence-corrected chi connectivity index (χ0v) is 19.1. The summed E-state index contributed by atoms with van der Waals surface area (Å²) in [6.07, 6.45) is 0. The predicted molar refractivity (Wildman–Crippen MR) is 123 cm³/mol. The number of carbonyl (C=O) groups excluding carboxylic acids is 2. The summed E-state index contributed by atoms with van der Waals surface area (Å²) in [6.45, 7) is 4.21. The van der Waals surface area contributed by atoms with Crippen molar-refractivity contribution >= 4 is 44.1 Å². The molecule has 3 N–H and O–H groups in total. The third kappa shape index (κ3) is 4.34. The number of benzene rings is 2. The molecule has 156 valence electrons. The zero-order valence-electron chi connectivity index (χ0n) is 16.7. The first kappa shape index (κ1) is 21.9. The highest BCUT2D eigenvalue weighted by Crippen LogP contribution is 2.41. The van der Waals surface area contributed by atoms with E-state index in [1.807, 2.05) is 44.2 Å². The average molecular weight is 489 g/mol. The fourth-order valence-corrected chi connectivity index (χ4v) is 4.76. The summed E-state index contributed by atoms with van der Waals surface area (Å²) >= 11 is 4.73. The molecule has 2 amide bonds. The molecule has 8 heteroatoms. The summed E-state index contributed by atoms with van der Waals surface area (Å²) in [4.78, 5) is 26.1. The molecule has 0 bridgehead atoms. The van der Waals surface area contributed by atoms with Crippen molar-refractivity contribution in [3.05, 3.63) is 62.9 Å². The first-order valence-electron chi connectivity index (χ1n) is 9.17. The Bertz CT molecular complexity index is 1100. The smallest absolute Gasteiger partial charge is 0.256 e. The van der Waals surface area contributed by atoms with Crippen LogP contribution in [0, 0.1) is 6.92 Å². The van der Waals surface area contributed by atoms with Crippen molar-refractivity contribution in [2.75, 3.05) is 19.0 Å². The maximum Gasteiger partial charge on any atom is 0.256 e. The van der Waals surface area contributed by atoms with Crippen LogP contribution in [0.1, 0.15) is 32.5 Å². The number of nitrogens with one attached hydrogen (secondary N) is 1. The minimum atomic E-state index is -0.598. The molecule has 2 aromatic carbocycles. The van der Waals surface area contributed by atoms with Gasteiger partial charge in [0, 0.05) is 16.0 Å². The lowest BCUT2D eigenvalue weighted by Gasteiger charge is -2.13. The molecule has 30 heavy (non-hydrogen) atoms. The number of methoxy groups -OCH3 is 1. The molecular weight excluding hydrogens is 468 g/mol. The van der Waals surface area contributed by atoms with Crippen LogP contribution in [-0.4, -0.2) is 25.5 Å². The number of anilines is 1. The van der Waals surface area contributed by atoms with E-state index in [0.717, 1.165) is 16.0 Å². The van der Waals surface area contributed by atoms with Gasteiger partial charge in [0.1, 0.15) is 5.00 Å². The van der Waals surface area contributed by atoms with Crippen LogP contribution in [0.25, 0.3) is 11.1 Å². The highest BCUT2D eigenvalue weighted by atomic mass is 79.9. The highest BCUT2D eigenvalue weighted by Gasteiger charge is 2.24. The number of rotatable bonds is 7. The monoisotopic (exact) mass is 488 g/mol. The number of carbonyl (C=O) groups is 2. The molecule has 0 fully saturated rings. The van der Waals surface area contributed by atoms with Gasteiger partial charge < -0.3 is 20.5 Å². The van der Waals surface area contributed by atoms with Crippen LogP contribution in [0.3, 0.4) is 0 Å². The second-order valence-electron chi connectivity index (χ2n) is 6.34. The minimum Gasteiger partial charge on any atom is -0.493 e. The van der Waals surface area contributed by atoms with Gasteiger partial charge in [-0.25, -0.2) is 0 Å². The van der Waals surface area contributed by atoms with Crippen molar-refractivity contribution < 1.29 is 19.1 Å². The molecule has 0 atom stereocenters. The largest absolute Gasteiger partial charge is 0.493 e. The number of aryl methyl sites for hydroxylation is 1. The third-order valence-corrected chi connectivity index (χ3v) is 6.01. The quantitative estimate of drug-likeness (QED) is 0.475. The second-order valence-corrected chi connectivity index (χ2v) is 8.42. The third-order valence-electron chi connectivity index (χ3n) is 4.40. The van der Waals surface area contributed by atoms with Crippen molar-refractivity contribution in [2.45, 2.75) is 13.8 Å². The van der Waals surface area contributed by atoms with Gasteiger partial charge >= 0.3 is 0 Å². The Hall–Kier alpha value is -2.84. The molecular formula is C22H21BrN2O4S. The number of hydrogen-bond acceptors (Lipinski definition) is 5. The summed E-state index contributed by atoms with van der Waals surface area (Å²) in [7, 11) is 1.51. The van der Waals surface area contributed by atoms with E-state index in [0.29, 0.717) is 38.7 Å². The van der Waals surface area contributed by atoms with Crippen LogP contribution in [0.4, 0.5) is 5.00 Å². The van der Waals surface area contributed by atoms with Crippen molar-refractivity contribution in [1.29, 1.82) is 0 Å². The van der Waals surface area contributed by atoms with Crippen molar-refractivity contribution in [3.63, 3.8) is 0 Å². The number of amides is 2. The van der Waals surface area contributed by atoms with E-state index >= 15 is 0 Å². The van der Waals surface area contributed by atoms with Crippen LogP contribution in [-0.2, 0) is 0 Å². The molecule has 6 nitrogen and oxygen atoms in total. The molecule has 3 aromatic rings. The predicted octanol–water partition coefficient (Wildman–Crippen LogP) is 5.24. The van der Waals surface area contributed by atoms with E-state index in [9.17, 15) is 9.59 Å². The summed E-state index contributed by atoms with van der Waals surface area (Å²) in [6, 6.07) is 12.7. The highest BCUT2D eigenvalue weighted by molar-refractivity contribution is 9.10. The number of nitrogens with two attached hydrogens (primary N) is 1. The van der Waals surface area contributed by atoms with Gasteiger partial charge in [-0.2, -0.15) is 0 Å². The van der Waals surface area contributed by atoms with Gasteiger partial charge in [-0.05, 0) is 47.5 Å². The Morgan fingerprint density at radius 1 is 1.20 bits per heavy atom. The van der Waals surface area contributed by atoms with Gasteiger partial charge in [-0.1, -0.05) is 30.3 Å². The Morgan fingerprint density at radius 2 is 1.90 bits per heavy atom. The van der Waals surface area contributed by atoms with E-state index < -0.39 is 5.91 Å². The molecule has 0 spiro atoms. The van der Waals surface area contributed by atoms with Crippen LogP contribution in [0.15, 0.2) is 46.9 Å². The van der Waals surface area contributed by atoms with Gasteiger partial charge in [0.25, 0.3) is 11.8 Å². The summed E-state index contributed by atoms with van der Waals surface area (Å²) in [5.74, 6) is -0.0362. The topological polar surface area (TPSA) is 90.6 Å². The number of ether oxygens (including phenoxy) is 2. The molecule has 0 unspecified atom stereocenters. The number of thiophene rings is 1. The number of halogens is 1. The van der Waals surface area contributed by atoms with E-state index in [2.05, 4.69) is 21.2 Å². The van der Waals surface area contributed by atoms with Crippen molar-refractivity contribution in [3.8, 4) is 22.6 Å². The molecule has 0 saturated carbocycles. The summed E-state index contributed by atoms with van der Waals surface area (Å²) in [5, 5.41) is 3.24. The fourth-order valence-electron chi connectivity index (χ4n) is 3.13. The lowest BCUT2D eigenvalue weighted by molar-refractivity contribution is 0.100. The van der Waals surface area contributed by atoms with E-state index in [-0.39, 0.29) is 5.91 Å². The Labute approximate surface area is 187 Å². The second kappa shape index (κ2) is 9.32. The molecule has 0 aliphatic rings. The van der Waals surface area contributed by atoms with Gasteiger partial charge in [-0.15, -0.1) is 11.3 Å². The molecule has 1 aromatic heterocycles. The molecule has 0 radical (unpaired) electrons. The SMILES string of the molecule is CCOc1c(Br)cc(C(=O)Nc2sc(C)c(-c3ccccc3)c2C(N)=O)cc1OC. The Morgan fingerprint density at radius 3 is 2.50 bits per heavy atom. The maximum atomic E-state index is 13.0. The number of hydrogen-bond donors (Lipinski definition) is 2. The van der Waals surface area contributed by atoms with Crippen molar-refractivity contribution in [1.82, 2.24) is 0 Å². The van der Waals surface area contributed by atoms with Crippen LogP contribution < -0.4 is 20.5 Å². The Balaban J connectivity index is 2.00. The lowest BCUT2D eigenvalue weighted by Crippen LogP contribution is -2.17. The zero-order chi connectivity index (χ0) is 21.8. The first-order chi connectivity index (χ1) is 14.4. The summed E-state index contributed by atoms with van der Waals surface area (Å²) in [5.41, 5.74) is 7.92. The van der Waals surface area contributed by atoms with Gasteiger partial charge in [0.05, 0.1) is 23.8 Å². The molecule has 0 aliphatic carbocycles. The van der Waals surface area contributed by atoms with E-state index in [1.165, 1.54) is 18.4 Å². The van der Waals surface area contributed by atoms with Gasteiger partial charge in [-0.3, -0.25) is 9.59 Å². The lowest BCUT2D eigenvalue weighted by atomic mass is 10.0. The number of primary amides is 1. The summed E-state index contributed by atoms with van der Waals surface area (Å²) < 4.78 is 11.5. The molecule has 0 aliphatic heterocycles. The maximum absolute atomic E-state index is 13.0. The van der Waals surface area contributed by atoms with Gasteiger partial charge in [0.2, 0.25) is 0 Å². The van der Waals surface area contributed by atoms with Crippen LogP contribution >= 0.6 is 27.3 Å². The molecule has 0 saturated heterocycles. The minimum absolute atomic E-state index is 0.300. The molecule has 3 rings (SSSR count). The first-order valence-corrected chi connectivity index (χ1v) is 10.8. The van der Waals surface area contributed by atoms with E-state index in [1.54, 1.807) is 12.1 Å².